The Morgan fingerprint density at radius 2 is 0.964 bits per heavy atom. The average molecular weight is 1170 g/mol. The van der Waals surface area contributed by atoms with Gasteiger partial charge in [0.2, 0.25) is 16.4 Å². The van der Waals surface area contributed by atoms with Gasteiger partial charge in [-0.3, -0.25) is 19.7 Å². The number of carbonyl (C=O) groups excluding carboxylic acids is 1. The summed E-state index contributed by atoms with van der Waals surface area (Å²) in [5, 5.41) is 3.12. The molecule has 84 heavy (non-hydrogen) atoms. The first kappa shape index (κ1) is 56.3. The van der Waals surface area contributed by atoms with E-state index in [9.17, 15) is 13.2 Å². The molecule has 2 aliphatic rings. The van der Waals surface area contributed by atoms with Gasteiger partial charge in [-0.1, -0.05) is 57.2 Å². The molecule has 9 heterocycles. The van der Waals surface area contributed by atoms with Gasteiger partial charge in [-0.15, -0.1) is 22.1 Å². The summed E-state index contributed by atoms with van der Waals surface area (Å²) in [5.41, 5.74) is 14.9. The molecule has 0 saturated heterocycles. The fourth-order valence-corrected chi connectivity index (χ4v) is 11.6. The average Bonchev–Trinajstić information content (AvgIpc) is 4.20. The number of hydrogen-bond donors (Lipinski definition) is 1. The molecular weight excluding hydrogens is 1110 g/mol. The van der Waals surface area contributed by atoms with Crippen molar-refractivity contribution in [2.24, 2.45) is 0 Å². The normalized spacial score (nSPS) is 12.0. The summed E-state index contributed by atoms with van der Waals surface area (Å²) in [6.07, 6.45) is 23.8. The number of sulfone groups is 1. The van der Waals surface area contributed by atoms with Crippen molar-refractivity contribution in [3.8, 4) is 61.8 Å². The van der Waals surface area contributed by atoms with Crippen LogP contribution in [-0.4, -0.2) is 52.9 Å². The fourth-order valence-electron chi connectivity index (χ4n) is 10.3. The molecule has 0 atom stereocenters. The van der Waals surface area contributed by atoms with Gasteiger partial charge in [0.1, 0.15) is 17.2 Å². The van der Waals surface area contributed by atoms with E-state index in [1.54, 1.807) is 73.6 Å². The number of nitrogens with zero attached hydrogens (tertiary/aromatic N) is 8. The summed E-state index contributed by atoms with van der Waals surface area (Å²) in [7, 11) is -2.22. The number of fused-ring (bicyclic) bond motifs is 8. The SMILES string of the molecule is COc1ccc(S(=O)(=O)c2ccc(Oc3ccc(C(C)(C)C)cc3CCCNC(=O)C[n+]3ccc(-c4c5nc(c(-c6ccncc6)c6ccc([n-]6)c(-c6ccncc6)c6nc(c(-c7ccncc7)c7ccc4[n-]7)C=C6)C=C5)cc3)cc2)cc1.[Mn+3]. The molecule has 7 aromatic heterocycles. The molecule has 0 radical (unpaired) electrons. The summed E-state index contributed by atoms with van der Waals surface area (Å²) in [4.78, 5) is 48.3. The van der Waals surface area contributed by atoms with Crippen LogP contribution in [0.4, 0.5) is 0 Å². The third-order valence-corrected chi connectivity index (χ3v) is 16.4. The van der Waals surface area contributed by atoms with Gasteiger partial charge in [-0.2, -0.15) is 4.57 Å². The molecule has 14 nitrogen and oxygen atoms in total. The molecule has 414 valence electrons. The zero-order valence-electron chi connectivity index (χ0n) is 46.4. The summed E-state index contributed by atoms with van der Waals surface area (Å²) < 4.78 is 40.3. The second-order valence-electron chi connectivity index (χ2n) is 21.1. The predicted octanol–water partition coefficient (Wildman–Crippen LogP) is 12.7. The van der Waals surface area contributed by atoms with Gasteiger partial charge in [0, 0.05) is 55.9 Å². The first-order chi connectivity index (χ1) is 40.4. The number of amides is 1. The quantitative estimate of drug-likeness (QED) is 0.0584. The van der Waals surface area contributed by atoms with Crippen molar-refractivity contribution < 1.29 is 44.3 Å². The maximum Gasteiger partial charge on any atom is 3.00 e. The summed E-state index contributed by atoms with van der Waals surface area (Å²) in [5.74, 6) is 1.60. The molecular formula is C68H56MnN9O5S+2. The molecule has 0 saturated carbocycles. The van der Waals surface area contributed by atoms with Gasteiger partial charge in [0.15, 0.2) is 12.4 Å². The molecule has 10 aromatic rings. The van der Waals surface area contributed by atoms with Crippen LogP contribution in [0.5, 0.6) is 17.2 Å². The number of nitrogens with one attached hydrogen (secondary N) is 1. The number of hydrogen-bond acceptors (Lipinski definition) is 10. The van der Waals surface area contributed by atoms with E-state index in [4.69, 9.17) is 29.4 Å². The molecule has 0 spiro atoms. The number of benzene rings is 3. The topological polar surface area (TPSA) is 178 Å². The van der Waals surface area contributed by atoms with E-state index in [0.29, 0.717) is 47.8 Å². The second kappa shape index (κ2) is 24.1. The van der Waals surface area contributed by atoms with Crippen molar-refractivity contribution in [1.29, 1.82) is 0 Å². The molecule has 1 N–H and O–H groups in total. The Bertz CT molecular complexity index is 4380. The fraction of sp³-hybridized carbons (Fsp3) is 0.132. The zero-order chi connectivity index (χ0) is 57.1. The molecule has 0 aliphatic carbocycles. The first-order valence-electron chi connectivity index (χ1n) is 27.2. The van der Waals surface area contributed by atoms with E-state index in [2.05, 4.69) is 53.2 Å². The Balaban J connectivity index is 0.00000736. The van der Waals surface area contributed by atoms with Gasteiger partial charge < -0.3 is 24.8 Å². The van der Waals surface area contributed by atoms with Crippen molar-refractivity contribution >= 4 is 62.1 Å². The van der Waals surface area contributed by atoms with Crippen LogP contribution in [0.15, 0.2) is 199 Å². The van der Waals surface area contributed by atoms with Crippen molar-refractivity contribution in [2.75, 3.05) is 13.7 Å². The van der Waals surface area contributed by atoms with Crippen LogP contribution >= 0.6 is 0 Å². The Morgan fingerprint density at radius 1 is 0.548 bits per heavy atom. The number of ether oxygens (including phenoxy) is 2. The Hall–Kier alpha value is -9.60. The van der Waals surface area contributed by atoms with E-state index in [0.717, 1.165) is 89.3 Å². The Kier molecular flexibility index (Phi) is 16.1. The molecule has 16 heteroatoms. The largest absolute Gasteiger partial charge is 3.00 e. The first-order valence-corrected chi connectivity index (χ1v) is 28.7. The van der Waals surface area contributed by atoms with Crippen LogP contribution in [-0.2, 0) is 50.1 Å². The predicted molar refractivity (Wildman–Crippen MR) is 324 cm³/mol. The van der Waals surface area contributed by atoms with E-state index >= 15 is 0 Å². The zero-order valence-corrected chi connectivity index (χ0v) is 48.4. The van der Waals surface area contributed by atoms with Gasteiger partial charge in [-0.25, -0.2) is 18.4 Å². The van der Waals surface area contributed by atoms with Gasteiger partial charge in [0.05, 0.1) is 39.7 Å². The summed E-state index contributed by atoms with van der Waals surface area (Å²) >= 11 is 0. The van der Waals surface area contributed by atoms with Gasteiger partial charge in [-0.05, 0) is 189 Å². The summed E-state index contributed by atoms with van der Waals surface area (Å²) in [6.45, 7) is 7.02. The molecule has 12 rings (SSSR count). The maximum atomic E-state index is 13.6. The minimum absolute atomic E-state index is 0. The van der Waals surface area contributed by atoms with Crippen LogP contribution in [0.2, 0.25) is 0 Å². The third kappa shape index (κ3) is 11.9. The smallest absolute Gasteiger partial charge is 0.657 e. The van der Waals surface area contributed by atoms with Crippen LogP contribution < -0.4 is 29.3 Å². The van der Waals surface area contributed by atoms with Crippen molar-refractivity contribution in [3.05, 3.63) is 223 Å². The number of aryl methyl sites for hydroxylation is 1. The minimum atomic E-state index is -3.75. The van der Waals surface area contributed by atoms with Crippen molar-refractivity contribution in [3.63, 3.8) is 0 Å². The molecule has 8 bridgehead atoms. The number of carbonyl (C=O) groups is 1. The van der Waals surface area contributed by atoms with Crippen LogP contribution in [0.1, 0.15) is 61.1 Å². The summed E-state index contributed by atoms with van der Waals surface area (Å²) in [6, 6.07) is 42.8. The van der Waals surface area contributed by atoms with Crippen molar-refractivity contribution in [1.82, 2.24) is 40.2 Å². The van der Waals surface area contributed by atoms with E-state index in [1.807, 2.05) is 120 Å². The van der Waals surface area contributed by atoms with E-state index < -0.39 is 9.84 Å². The third-order valence-electron chi connectivity index (χ3n) is 14.6. The maximum absolute atomic E-state index is 13.6. The molecule has 2 aliphatic heterocycles. The molecule has 0 fully saturated rings. The van der Waals surface area contributed by atoms with Crippen LogP contribution in [0.3, 0.4) is 0 Å². The molecule has 3 aromatic carbocycles. The van der Waals surface area contributed by atoms with Gasteiger partial charge >= 0.3 is 17.1 Å². The van der Waals surface area contributed by atoms with Crippen LogP contribution in [0.25, 0.3) is 90.9 Å². The second-order valence-corrected chi connectivity index (χ2v) is 23.1. The number of aromatic nitrogens is 8. The Morgan fingerprint density at radius 3 is 1.38 bits per heavy atom. The molecule has 0 unspecified atom stereocenters. The number of pyridine rings is 4. The number of methoxy groups -OCH3 is 1. The van der Waals surface area contributed by atoms with Crippen LogP contribution in [0, 0.1) is 0 Å². The van der Waals surface area contributed by atoms with E-state index in [1.165, 1.54) is 19.2 Å². The van der Waals surface area contributed by atoms with Gasteiger partial charge in [0.25, 0.3) is 5.91 Å². The minimum Gasteiger partial charge on any atom is -0.657 e. The monoisotopic (exact) mass is 1170 g/mol. The van der Waals surface area contributed by atoms with Crippen molar-refractivity contribution in [2.45, 2.75) is 55.4 Å². The number of rotatable bonds is 15. The van der Waals surface area contributed by atoms with E-state index in [-0.39, 0.29) is 44.7 Å². The molecule has 1 amide bonds. The standard InChI is InChI=1S/C68H56N9O5S.Mn/c1-68(2,3)49-7-24-62(82-51-10-14-53(15-11-51)83(79,80)52-12-8-50(81-4)9-13-52)48(42-49)6-5-33-72-63(78)43-77-40-31-47(32-41-77)67-60-22-20-58(75-60)65(45-27-36-70-37-28-45)56-18-16-54(73-56)64(44-25-34-69-35-26-44)55-17-19-57(74-55)66(46-29-38-71-39-30-46)59-21-23-61(67)76-59;/h7-32,34-42H,5-6,33,43H2,1-4H3,(H-,72,73,74,75,76,78);/q-1;+3. The Labute approximate surface area is 497 Å².